The van der Waals surface area contributed by atoms with Gasteiger partial charge in [-0.15, -0.1) is 11.8 Å². The Hall–Kier alpha value is -12.2. The highest BCUT2D eigenvalue weighted by molar-refractivity contribution is 8.00. The Balaban J connectivity index is 1.28. The molecule has 4 aromatic carbocycles. The highest BCUT2D eigenvalue weighted by Crippen LogP contribution is 2.24. The van der Waals surface area contributed by atoms with E-state index in [0.717, 1.165) is 22.5 Å². The van der Waals surface area contributed by atoms with Crippen LogP contribution in [0.4, 0.5) is 0 Å². The number of aromatic amines is 2. The first-order valence-corrected chi connectivity index (χ1v) is 42.7. The van der Waals surface area contributed by atoms with Crippen molar-refractivity contribution in [3.63, 3.8) is 0 Å². The summed E-state index contributed by atoms with van der Waals surface area (Å²) < 4.78 is 0. The number of hydrogen-bond acceptors (Lipinski definition) is 20. The van der Waals surface area contributed by atoms with E-state index in [9.17, 15) is 63.0 Å². The second kappa shape index (κ2) is 49.6. The Bertz CT molecular complexity index is 4670. The van der Waals surface area contributed by atoms with Crippen LogP contribution in [0.3, 0.4) is 0 Å². The number of amides is 14. The molecule has 39 heteroatoms. The number of carboxylic acid groups (broad SMARTS) is 1. The Kier molecular flexibility index (Phi) is 39.5. The number of aliphatic carboxylic acids is 1. The standard InChI is InChI=1S/C84H119N21O17S/c1-6-8-24-59-76(115)96-60(28-16-18-33-86)77(116)99-63(38-52-41-92-56-26-14-12-23-54(52)56)81(120)104-70(46(3)4)82(121)103-66(72(87)111)44-123-45-68(108)95-57(27-15-17-32-85)74(113)98-61(36-48-30-31-49-20-9-10-21-50(49)35-48)80(119)105-71(47(5)7-2)83(122)102-65(43-106)73(112)93-42-67(107)94-58(29-19-34-90-84(88)89)75(114)101-64(39-69(109)110)79(118)100-62(78(117)97-59)37-51-40-91-55-25-13-11-22-53(51)55/h9-14,20-23,25-26,30-31,35,40-41,46-47,57-66,70-71,91-92,106H,6-8,15-19,24,27-29,32-34,36-39,42-45,85-86H2,1-5H3,(H2,87,111)(H,93,112)(H,94,107)(H,95,108)(H,96,115)(H,97,117)(H,98,113)(H,99,116)(H,100,118)(H,101,114)(H,102,122)(H,103,121)(H,104,120)(H,105,119)(H,109,110)(H4,88,89,90)/t47-,57-,58-,59-,60-,61-,62-,63-,64-,65-,66-,70-,71-/m0/s1. The summed E-state index contributed by atoms with van der Waals surface area (Å²) in [5, 5.41) is 68.2. The molecule has 0 spiro atoms. The van der Waals surface area contributed by atoms with Crippen LogP contribution in [0.5, 0.6) is 0 Å². The molecule has 2 aromatic heterocycles. The van der Waals surface area contributed by atoms with Crippen LogP contribution >= 0.6 is 11.8 Å². The second-order valence-electron chi connectivity index (χ2n) is 31.0. The van der Waals surface area contributed by atoms with Gasteiger partial charge >= 0.3 is 5.97 Å². The number of primary amides is 1. The summed E-state index contributed by atoms with van der Waals surface area (Å²) in [6.07, 6.45) is 3.40. The molecule has 27 N–H and O–H groups in total. The number of para-hydroxylation sites is 2. The lowest BCUT2D eigenvalue weighted by Gasteiger charge is -2.29. The number of carbonyl (C=O) groups is 15. The molecule has 123 heavy (non-hydrogen) atoms. The van der Waals surface area contributed by atoms with E-state index >= 15 is 19.2 Å². The molecule has 0 bridgehead atoms. The Labute approximate surface area is 716 Å². The molecular formula is C84H119N21O17S. The molecule has 14 amide bonds. The first kappa shape index (κ1) is 97.9. The van der Waals surface area contributed by atoms with Gasteiger partial charge in [0, 0.05) is 65.8 Å². The number of H-pyrrole nitrogens is 2. The van der Waals surface area contributed by atoms with Crippen molar-refractivity contribution in [1.29, 1.82) is 5.41 Å². The molecule has 0 radical (unpaired) electrons. The van der Waals surface area contributed by atoms with Gasteiger partial charge in [-0.3, -0.25) is 77.3 Å². The van der Waals surface area contributed by atoms with Gasteiger partial charge in [-0.2, -0.15) is 0 Å². The van der Waals surface area contributed by atoms with Crippen molar-refractivity contribution in [1.82, 2.24) is 84.4 Å². The first-order valence-electron chi connectivity index (χ1n) is 41.5. The van der Waals surface area contributed by atoms with Crippen LogP contribution in [0.25, 0.3) is 32.6 Å². The summed E-state index contributed by atoms with van der Waals surface area (Å²) in [6, 6.07) is 8.17. The molecule has 0 saturated carbocycles. The van der Waals surface area contributed by atoms with Crippen molar-refractivity contribution < 1.29 is 82.1 Å². The largest absolute Gasteiger partial charge is 0.481 e. The van der Waals surface area contributed by atoms with E-state index in [1.807, 2.05) is 37.3 Å². The number of nitrogens with two attached hydrogens (primary N) is 4. The topological polar surface area (TPSA) is 624 Å². The molecule has 1 aliphatic rings. The molecule has 0 aliphatic carbocycles. The maximum atomic E-state index is 15.2. The van der Waals surface area contributed by atoms with Gasteiger partial charge in [-0.25, -0.2) is 0 Å². The average Bonchev–Trinajstić information content (AvgIpc) is 0.865. The summed E-state index contributed by atoms with van der Waals surface area (Å²) in [5.41, 5.74) is 26.1. The zero-order valence-electron chi connectivity index (χ0n) is 69.9. The van der Waals surface area contributed by atoms with Crippen molar-refractivity contribution in [3.05, 3.63) is 120 Å². The first-order chi connectivity index (χ1) is 58.8. The minimum Gasteiger partial charge on any atom is -0.481 e. The molecule has 38 nitrogen and oxygen atoms in total. The second-order valence-corrected chi connectivity index (χ2v) is 32.0. The van der Waals surface area contributed by atoms with Gasteiger partial charge in [0.2, 0.25) is 82.7 Å². The molecule has 7 rings (SSSR count). The number of fused-ring (bicyclic) bond motifs is 3. The van der Waals surface area contributed by atoms with Crippen LogP contribution in [-0.4, -0.2) is 232 Å². The number of carboxylic acids is 1. The number of rotatable bonds is 28. The molecule has 6 aromatic rings. The van der Waals surface area contributed by atoms with Crippen LogP contribution in [0.2, 0.25) is 0 Å². The lowest BCUT2D eigenvalue weighted by molar-refractivity contribution is -0.141. The molecular weight excluding hydrogens is 1610 g/mol. The van der Waals surface area contributed by atoms with Crippen LogP contribution in [0.1, 0.15) is 135 Å². The van der Waals surface area contributed by atoms with E-state index < -0.39 is 204 Å². The quantitative estimate of drug-likeness (QED) is 0.0157. The maximum absolute atomic E-state index is 15.2. The van der Waals surface area contributed by atoms with Crippen LogP contribution in [0.15, 0.2) is 103 Å². The number of aliphatic hydroxyl groups is 1. The number of hydrogen-bond donors (Lipinski definition) is 23. The Morgan fingerprint density at radius 2 is 0.935 bits per heavy atom. The predicted molar refractivity (Wildman–Crippen MR) is 462 cm³/mol. The van der Waals surface area contributed by atoms with Gasteiger partial charge in [0.1, 0.15) is 72.5 Å². The Morgan fingerprint density at radius 1 is 0.488 bits per heavy atom. The predicted octanol–water partition coefficient (Wildman–Crippen LogP) is -1.12. The van der Waals surface area contributed by atoms with Crippen molar-refractivity contribution in [2.75, 3.05) is 44.3 Å². The van der Waals surface area contributed by atoms with Crippen LogP contribution < -0.4 is 97.4 Å². The minimum atomic E-state index is -2.01. The van der Waals surface area contributed by atoms with Crippen molar-refractivity contribution in [2.45, 2.75) is 210 Å². The molecule has 13 atom stereocenters. The number of guanidine groups is 1. The highest BCUT2D eigenvalue weighted by Gasteiger charge is 2.39. The van der Waals surface area contributed by atoms with Gasteiger partial charge in [-0.05, 0) is 122 Å². The van der Waals surface area contributed by atoms with E-state index in [-0.39, 0.29) is 89.6 Å². The van der Waals surface area contributed by atoms with Crippen LogP contribution in [0, 0.1) is 17.2 Å². The van der Waals surface area contributed by atoms with E-state index in [1.54, 1.807) is 101 Å². The third-order valence-electron chi connectivity index (χ3n) is 21.1. The third-order valence-corrected chi connectivity index (χ3v) is 22.1. The fraction of sp³-hybridized carbons (Fsp3) is 0.500. The van der Waals surface area contributed by atoms with Crippen molar-refractivity contribution in [3.8, 4) is 0 Å². The normalized spacial score (nSPS) is 23.0. The molecule has 668 valence electrons. The highest BCUT2D eigenvalue weighted by atomic mass is 32.2. The summed E-state index contributed by atoms with van der Waals surface area (Å²) in [4.78, 5) is 223. The zero-order chi connectivity index (χ0) is 89.8. The van der Waals surface area contributed by atoms with E-state index in [1.165, 1.54) is 0 Å². The number of aromatic nitrogens is 2. The van der Waals surface area contributed by atoms with Crippen molar-refractivity contribution in [2.24, 2.45) is 34.8 Å². The van der Waals surface area contributed by atoms with Crippen LogP contribution in [-0.2, 0) is 91.2 Å². The maximum Gasteiger partial charge on any atom is 0.305 e. The molecule has 0 unspecified atom stereocenters. The van der Waals surface area contributed by atoms with Gasteiger partial charge in [0.05, 0.1) is 25.3 Å². The Morgan fingerprint density at radius 3 is 1.45 bits per heavy atom. The third kappa shape index (κ3) is 30.7. The lowest BCUT2D eigenvalue weighted by atomic mass is 9.96. The summed E-state index contributed by atoms with van der Waals surface area (Å²) in [7, 11) is 0. The summed E-state index contributed by atoms with van der Waals surface area (Å²) in [5.74, 6) is -17.7. The smallest absolute Gasteiger partial charge is 0.305 e. The number of carbonyl (C=O) groups excluding carboxylic acids is 14. The molecule has 1 aliphatic heterocycles. The van der Waals surface area contributed by atoms with Gasteiger partial charge < -0.3 is 118 Å². The van der Waals surface area contributed by atoms with Crippen molar-refractivity contribution >= 4 is 139 Å². The van der Waals surface area contributed by atoms with E-state index in [2.05, 4.69) is 84.4 Å². The fourth-order valence-electron chi connectivity index (χ4n) is 14.0. The average molecular weight is 1730 g/mol. The molecule has 1 fully saturated rings. The SMILES string of the molecule is CCCC[C@@H]1NC(=O)[C@H](Cc2c[nH]c3ccccc23)NC(=O)[C@H](CC(=O)O)NC(=O)[C@H](CCCNC(=N)N)NC(=O)CNC(=O)[C@H](CO)NC(=O)[C@H]([C@@H](C)CC)NC(=O)[C@H](Cc2ccc3ccccc3c2)NC(=O)[C@H](CCCCN)NC(=O)CSC[C@@H](C(N)=O)NC(=O)[C@H](C(C)C)NC(=O)[C@H](Cc2c[nH]c3ccccc23)NC(=O)[C@H](CCCCN)NC1=O. The summed E-state index contributed by atoms with van der Waals surface area (Å²) in [6.45, 7) is 6.72. The van der Waals surface area contributed by atoms with E-state index in [4.69, 9.17) is 28.3 Å². The number of nitrogens with one attached hydrogen (secondary N) is 17. The monoisotopic (exact) mass is 1730 g/mol. The van der Waals surface area contributed by atoms with E-state index in [0.29, 0.717) is 70.6 Å². The fourth-order valence-corrected chi connectivity index (χ4v) is 14.9. The number of thioether (sulfide) groups is 1. The number of benzene rings is 4. The number of aliphatic hydroxyl groups excluding tert-OH is 1. The lowest BCUT2D eigenvalue weighted by Crippen LogP contribution is -2.61. The molecule has 3 heterocycles. The van der Waals surface area contributed by atoms with Gasteiger partial charge in [0.25, 0.3) is 0 Å². The summed E-state index contributed by atoms with van der Waals surface area (Å²) >= 11 is 0.862. The van der Waals surface area contributed by atoms with Gasteiger partial charge in [-0.1, -0.05) is 133 Å². The minimum absolute atomic E-state index is 0.00864. The molecule has 1 saturated heterocycles. The zero-order valence-corrected chi connectivity index (χ0v) is 70.7. The number of unbranched alkanes of at least 4 members (excludes halogenated alkanes) is 3. The van der Waals surface area contributed by atoms with Gasteiger partial charge in [0.15, 0.2) is 5.96 Å².